The average Bonchev–Trinajstić information content (AvgIpc) is 3.56. The maximum absolute atomic E-state index is 7.53. The molecule has 5 heteroatoms. The number of anilines is 6. The Hall–Kier alpha value is -3.97. The van der Waals surface area contributed by atoms with Crippen molar-refractivity contribution in [1.29, 1.82) is 0 Å². The van der Waals surface area contributed by atoms with Gasteiger partial charge in [0.1, 0.15) is 5.58 Å². The third-order valence-corrected chi connectivity index (χ3v) is 15.7. The van der Waals surface area contributed by atoms with Gasteiger partial charge in [-0.25, -0.2) is 0 Å². The topological polar surface area (TPSA) is 19.6 Å². The van der Waals surface area contributed by atoms with E-state index in [-0.39, 0.29) is 31.8 Å². The molecule has 8 rings (SSSR count). The molecule has 0 saturated carbocycles. The first kappa shape index (κ1) is 45.6. The number of benzene rings is 5. The van der Waals surface area contributed by atoms with Gasteiger partial charge in [0.05, 0.1) is 11.3 Å². The van der Waals surface area contributed by atoms with Gasteiger partial charge in [-0.2, -0.15) is 0 Å². The third-order valence-electron chi connectivity index (χ3n) is 14.4. The summed E-state index contributed by atoms with van der Waals surface area (Å²) in [5.74, 6) is 0.676. The molecule has 2 aliphatic rings. The minimum atomic E-state index is -0.107. The van der Waals surface area contributed by atoms with Crippen LogP contribution in [0.3, 0.4) is 0 Å². The van der Waals surface area contributed by atoms with Crippen LogP contribution in [0.15, 0.2) is 89.3 Å². The van der Waals surface area contributed by atoms with E-state index in [1.807, 2.05) is 0 Å². The lowest BCUT2D eigenvalue weighted by Gasteiger charge is -2.43. The van der Waals surface area contributed by atoms with Crippen molar-refractivity contribution in [2.24, 2.45) is 5.92 Å². The summed E-state index contributed by atoms with van der Waals surface area (Å²) in [5, 5.41) is 1.18. The minimum Gasteiger partial charge on any atom is -0.468 e. The fourth-order valence-electron chi connectivity index (χ4n) is 10.1. The number of alkyl halides is 1. The number of aryl methyl sites for hydroxylation is 2. The van der Waals surface area contributed by atoms with Gasteiger partial charge in [0, 0.05) is 37.2 Å². The molecule has 0 bridgehead atoms. The monoisotopic (exact) mass is 950 g/mol. The van der Waals surface area contributed by atoms with Gasteiger partial charge in [0.25, 0.3) is 6.71 Å². The van der Waals surface area contributed by atoms with Crippen LogP contribution < -0.4 is 26.4 Å². The Morgan fingerprint density at radius 2 is 1.19 bits per heavy atom. The van der Waals surface area contributed by atoms with Crippen molar-refractivity contribution in [3.05, 3.63) is 124 Å². The first-order valence-electron chi connectivity index (χ1n) is 23.6. The Balaban J connectivity index is 1.48. The van der Waals surface area contributed by atoms with Crippen LogP contribution in [0.2, 0.25) is 0 Å². The predicted molar refractivity (Wildman–Crippen MR) is 285 cm³/mol. The molecule has 0 aliphatic carbocycles. The average molecular weight is 951 g/mol. The highest BCUT2D eigenvalue weighted by Crippen LogP contribution is 2.51. The first-order chi connectivity index (χ1) is 29.2. The molecular formula is C58H72BIN2O. The molecular weight excluding hydrogens is 878 g/mol. The van der Waals surface area contributed by atoms with E-state index in [0.717, 1.165) is 29.8 Å². The molecule has 5 aromatic carbocycles. The zero-order valence-electron chi connectivity index (χ0n) is 41.5. The van der Waals surface area contributed by atoms with E-state index in [0.29, 0.717) is 5.92 Å². The molecule has 3 heterocycles. The lowest BCUT2D eigenvalue weighted by Crippen LogP contribution is -2.61. The van der Waals surface area contributed by atoms with E-state index < -0.39 is 0 Å². The molecule has 0 N–H and O–H groups in total. The maximum atomic E-state index is 7.53. The fraction of sp³-hybridized carbons (Fsp3) is 0.448. The molecule has 0 radical (unpaired) electrons. The summed E-state index contributed by atoms with van der Waals surface area (Å²) in [6.07, 6.45) is 3.40. The van der Waals surface area contributed by atoms with E-state index in [9.17, 15) is 0 Å². The smallest absolute Gasteiger partial charge is 0.297 e. The van der Waals surface area contributed by atoms with Crippen molar-refractivity contribution >= 4 is 91.0 Å². The Bertz CT molecular complexity index is 2730. The largest absolute Gasteiger partial charge is 0.468 e. The van der Waals surface area contributed by atoms with Gasteiger partial charge in [-0.05, 0) is 160 Å². The van der Waals surface area contributed by atoms with Gasteiger partial charge in [-0.1, -0.05) is 162 Å². The Morgan fingerprint density at radius 3 is 1.75 bits per heavy atom. The quantitative estimate of drug-likeness (QED) is 0.0860. The second-order valence-electron chi connectivity index (χ2n) is 23.5. The van der Waals surface area contributed by atoms with E-state index in [2.05, 4.69) is 235 Å². The number of furan rings is 1. The summed E-state index contributed by atoms with van der Waals surface area (Å²) in [6, 6.07) is 33.7. The highest BCUT2D eigenvalue weighted by atomic mass is 127. The summed E-state index contributed by atoms with van der Waals surface area (Å²) in [5.41, 5.74) is 21.1. The summed E-state index contributed by atoms with van der Waals surface area (Å²) in [4.78, 5) is 5.13. The summed E-state index contributed by atoms with van der Waals surface area (Å²) in [7, 11) is 0. The van der Waals surface area contributed by atoms with Gasteiger partial charge >= 0.3 is 0 Å². The second-order valence-corrected chi connectivity index (χ2v) is 25.8. The van der Waals surface area contributed by atoms with Crippen LogP contribution in [0.4, 0.5) is 34.1 Å². The molecule has 330 valence electrons. The number of hydrogen-bond acceptors (Lipinski definition) is 3. The molecule has 1 aromatic heterocycles. The van der Waals surface area contributed by atoms with Crippen LogP contribution in [0.5, 0.6) is 0 Å². The first-order valence-corrected chi connectivity index (χ1v) is 24.7. The van der Waals surface area contributed by atoms with Crippen molar-refractivity contribution in [3.8, 4) is 0 Å². The number of hydrogen-bond donors (Lipinski definition) is 0. The summed E-state index contributed by atoms with van der Waals surface area (Å²) < 4.78 is 7.48. The van der Waals surface area contributed by atoms with Crippen molar-refractivity contribution in [2.75, 3.05) is 9.80 Å². The molecule has 1 unspecified atom stereocenters. The molecule has 0 amide bonds. The van der Waals surface area contributed by atoms with Crippen LogP contribution in [-0.2, 0) is 25.1 Å². The summed E-state index contributed by atoms with van der Waals surface area (Å²) >= 11 is 2.70. The lowest BCUT2D eigenvalue weighted by molar-refractivity contribution is 0.415. The van der Waals surface area contributed by atoms with Crippen molar-refractivity contribution in [3.63, 3.8) is 0 Å². The Morgan fingerprint density at radius 1 is 0.619 bits per heavy atom. The van der Waals surface area contributed by atoms with Crippen LogP contribution >= 0.6 is 22.6 Å². The zero-order chi connectivity index (χ0) is 45.9. The van der Waals surface area contributed by atoms with Gasteiger partial charge in [0.2, 0.25) is 0 Å². The lowest BCUT2D eigenvalue weighted by atomic mass is 9.35. The van der Waals surface area contributed by atoms with Gasteiger partial charge in [0.15, 0.2) is 0 Å². The van der Waals surface area contributed by atoms with Crippen LogP contribution in [-0.4, -0.2) is 6.71 Å². The molecule has 1 atom stereocenters. The highest BCUT2D eigenvalue weighted by molar-refractivity contribution is 14.1. The fourth-order valence-corrected chi connectivity index (χ4v) is 10.6. The summed E-state index contributed by atoms with van der Waals surface area (Å²) in [6.45, 7) is 39.6. The van der Waals surface area contributed by atoms with E-state index >= 15 is 0 Å². The van der Waals surface area contributed by atoms with Crippen LogP contribution in [0.25, 0.3) is 11.0 Å². The molecule has 0 fully saturated rings. The van der Waals surface area contributed by atoms with Crippen molar-refractivity contribution in [2.45, 2.75) is 162 Å². The molecule has 3 nitrogen and oxygen atoms in total. The normalized spacial score (nSPS) is 15.2. The van der Waals surface area contributed by atoms with Crippen molar-refractivity contribution in [1.82, 2.24) is 0 Å². The zero-order valence-corrected chi connectivity index (χ0v) is 43.7. The molecule has 2 aliphatic heterocycles. The molecule has 63 heavy (non-hydrogen) atoms. The van der Waals surface area contributed by atoms with Crippen LogP contribution in [0.1, 0.15) is 162 Å². The Kier molecular flexibility index (Phi) is 11.3. The van der Waals surface area contributed by atoms with Crippen LogP contribution in [0, 0.1) is 19.8 Å². The SMILES string of the molecule is CCC(C)(I)c1cc2c3c(oc2cc1C(C)(C)C)B1c2cc(C(C)(C)C)ccc2N(c2ccc(C(C)(C)C)cc2C)c2cc(C)cc(c21)N3c1ccc(C(C)(C)CCC(C)C)cc1. The number of halogens is 1. The maximum Gasteiger partial charge on any atom is 0.297 e. The minimum absolute atomic E-state index is 0.0377. The third kappa shape index (κ3) is 7.99. The highest BCUT2D eigenvalue weighted by Gasteiger charge is 2.48. The number of nitrogens with zero attached hydrogens (tertiary/aromatic N) is 2. The van der Waals surface area contributed by atoms with E-state index in [1.54, 1.807) is 0 Å². The molecule has 0 saturated heterocycles. The Labute approximate surface area is 394 Å². The number of rotatable bonds is 8. The number of fused-ring (bicyclic) bond motifs is 6. The second kappa shape index (κ2) is 15.6. The van der Waals surface area contributed by atoms with E-state index in [4.69, 9.17) is 4.42 Å². The standard InChI is InChI=1S/C58H72BIN2O/c1-18-58(17,60)44-33-42-50(34-43(44)56(12,13)14)63-53-52(42)61(41-23-19-38(20-24-41)57(15,16)28-27-35(2)3)48-29-36(4)30-49-51(48)59(53)45-32-40(55(9,10)11)22-26-47(45)62(49)46-25-21-39(31-37(46)5)54(6,7)8/h19-26,29-35H,18,27-28H2,1-17H3. The molecule has 0 spiro atoms. The predicted octanol–water partition coefficient (Wildman–Crippen LogP) is 15.8. The van der Waals surface area contributed by atoms with Crippen molar-refractivity contribution < 1.29 is 4.42 Å². The van der Waals surface area contributed by atoms with Gasteiger partial charge in [-0.3, -0.25) is 0 Å². The van der Waals surface area contributed by atoms with Gasteiger partial charge in [-0.15, -0.1) is 0 Å². The van der Waals surface area contributed by atoms with E-state index in [1.165, 1.54) is 90.1 Å². The van der Waals surface area contributed by atoms with Gasteiger partial charge < -0.3 is 14.2 Å². The molecule has 6 aromatic rings.